The van der Waals surface area contributed by atoms with E-state index in [1.54, 1.807) is 0 Å². The summed E-state index contributed by atoms with van der Waals surface area (Å²) in [4.78, 5) is 14.2. The lowest BCUT2D eigenvalue weighted by Crippen LogP contribution is -2.46. The number of hydrogen-bond donors (Lipinski definition) is 1. The van der Waals surface area contributed by atoms with Gasteiger partial charge in [-0.3, -0.25) is 4.79 Å². The second kappa shape index (κ2) is 5.12. The van der Waals surface area contributed by atoms with Crippen LogP contribution in [0.2, 0.25) is 0 Å². The van der Waals surface area contributed by atoms with Crippen molar-refractivity contribution in [3.8, 4) is 0 Å². The lowest BCUT2D eigenvalue weighted by Gasteiger charge is -2.37. The van der Waals surface area contributed by atoms with E-state index < -0.39 is 0 Å². The number of rotatable bonds is 4. The van der Waals surface area contributed by atoms with Crippen LogP contribution in [0.1, 0.15) is 29.6 Å². The molecule has 0 radical (unpaired) electrons. The van der Waals surface area contributed by atoms with Crippen LogP contribution in [0.25, 0.3) is 0 Å². The number of hydrogen-bond acceptors (Lipinski definition) is 2. The predicted octanol–water partition coefficient (Wildman–Crippen LogP) is 1.64. The van der Waals surface area contributed by atoms with E-state index in [1.807, 2.05) is 35.2 Å². The molecule has 0 unspecified atom stereocenters. The average molecular weight is 218 g/mol. The van der Waals surface area contributed by atoms with Crippen molar-refractivity contribution in [1.82, 2.24) is 4.90 Å². The normalized spacial score (nSPS) is 15.6. The van der Waals surface area contributed by atoms with Crippen molar-refractivity contribution in [1.29, 1.82) is 0 Å². The van der Waals surface area contributed by atoms with Gasteiger partial charge in [0, 0.05) is 24.7 Å². The van der Waals surface area contributed by atoms with E-state index in [0.29, 0.717) is 19.1 Å². The highest BCUT2D eigenvalue weighted by atomic mass is 16.2. The molecule has 0 spiro atoms. The van der Waals surface area contributed by atoms with Gasteiger partial charge in [-0.15, -0.1) is 0 Å². The summed E-state index contributed by atoms with van der Waals surface area (Å²) in [5.41, 5.74) is 6.33. The Bertz CT molecular complexity index is 346. The van der Waals surface area contributed by atoms with Gasteiger partial charge < -0.3 is 10.6 Å². The summed E-state index contributed by atoms with van der Waals surface area (Å²) in [6.45, 7) is 1.20. The van der Waals surface area contributed by atoms with Crippen LogP contribution in [-0.2, 0) is 0 Å². The average Bonchev–Trinajstić information content (AvgIpc) is 2.26. The highest BCUT2D eigenvalue weighted by Gasteiger charge is 2.28. The topological polar surface area (TPSA) is 46.3 Å². The molecule has 2 N–H and O–H groups in total. The Morgan fingerprint density at radius 2 is 2.00 bits per heavy atom. The first-order chi connectivity index (χ1) is 7.83. The highest BCUT2D eigenvalue weighted by molar-refractivity contribution is 5.94. The molecule has 0 saturated heterocycles. The smallest absolute Gasteiger partial charge is 0.254 e. The van der Waals surface area contributed by atoms with Crippen molar-refractivity contribution in [3.05, 3.63) is 35.9 Å². The molecule has 0 heterocycles. The lowest BCUT2D eigenvalue weighted by molar-refractivity contribution is 0.0588. The molecule has 0 aromatic heterocycles. The van der Waals surface area contributed by atoms with Gasteiger partial charge in [-0.05, 0) is 31.4 Å². The molecule has 0 aliphatic heterocycles. The van der Waals surface area contributed by atoms with Gasteiger partial charge in [-0.25, -0.2) is 0 Å². The lowest BCUT2D eigenvalue weighted by atomic mass is 9.91. The zero-order chi connectivity index (χ0) is 11.4. The van der Waals surface area contributed by atoms with Gasteiger partial charge in [0.2, 0.25) is 0 Å². The van der Waals surface area contributed by atoms with E-state index in [9.17, 15) is 4.79 Å². The largest absolute Gasteiger partial charge is 0.334 e. The molecule has 1 aliphatic carbocycles. The van der Waals surface area contributed by atoms with Crippen LogP contribution in [0.15, 0.2) is 30.3 Å². The summed E-state index contributed by atoms with van der Waals surface area (Å²) >= 11 is 0. The minimum atomic E-state index is 0.121. The zero-order valence-corrected chi connectivity index (χ0v) is 9.43. The Hall–Kier alpha value is -1.35. The van der Waals surface area contributed by atoms with Crippen LogP contribution < -0.4 is 5.73 Å². The fraction of sp³-hybridized carbons (Fsp3) is 0.462. The van der Waals surface area contributed by atoms with Crippen LogP contribution in [0.4, 0.5) is 0 Å². The molecule has 16 heavy (non-hydrogen) atoms. The second-order valence-electron chi connectivity index (χ2n) is 4.24. The Balaban J connectivity index is 2.10. The molecule has 1 amide bonds. The SMILES string of the molecule is NCCN(C(=O)c1ccccc1)C1CCC1. The van der Waals surface area contributed by atoms with Gasteiger partial charge in [0.1, 0.15) is 0 Å². The summed E-state index contributed by atoms with van der Waals surface area (Å²) in [5.74, 6) is 0.121. The van der Waals surface area contributed by atoms with Crippen molar-refractivity contribution in [2.24, 2.45) is 5.73 Å². The third kappa shape index (κ3) is 2.25. The van der Waals surface area contributed by atoms with Crippen molar-refractivity contribution in [3.63, 3.8) is 0 Å². The maximum atomic E-state index is 12.2. The Morgan fingerprint density at radius 3 is 2.50 bits per heavy atom. The standard InChI is InChI=1S/C13H18N2O/c14-9-10-15(12-7-4-8-12)13(16)11-5-2-1-3-6-11/h1-3,5-6,12H,4,7-10,14H2. The van der Waals surface area contributed by atoms with Gasteiger partial charge in [-0.1, -0.05) is 18.2 Å². The molecule has 1 fully saturated rings. The van der Waals surface area contributed by atoms with Crippen LogP contribution in [0.3, 0.4) is 0 Å². The van der Waals surface area contributed by atoms with Gasteiger partial charge in [-0.2, -0.15) is 0 Å². The molecule has 0 bridgehead atoms. The summed E-state index contributed by atoms with van der Waals surface area (Å²) in [6.07, 6.45) is 3.48. The fourth-order valence-corrected chi connectivity index (χ4v) is 2.03. The molecular weight excluding hydrogens is 200 g/mol. The first-order valence-electron chi connectivity index (χ1n) is 5.89. The van der Waals surface area contributed by atoms with E-state index in [-0.39, 0.29) is 5.91 Å². The van der Waals surface area contributed by atoms with Gasteiger partial charge >= 0.3 is 0 Å². The van der Waals surface area contributed by atoms with Crippen molar-refractivity contribution >= 4 is 5.91 Å². The number of amides is 1. The van der Waals surface area contributed by atoms with Crippen LogP contribution in [0, 0.1) is 0 Å². The van der Waals surface area contributed by atoms with E-state index in [1.165, 1.54) is 6.42 Å². The number of carbonyl (C=O) groups excluding carboxylic acids is 1. The molecule has 1 saturated carbocycles. The molecule has 3 nitrogen and oxygen atoms in total. The number of benzene rings is 1. The summed E-state index contributed by atoms with van der Waals surface area (Å²) in [6, 6.07) is 9.86. The molecule has 3 heteroatoms. The van der Waals surface area contributed by atoms with Crippen molar-refractivity contribution < 1.29 is 4.79 Å². The second-order valence-corrected chi connectivity index (χ2v) is 4.24. The predicted molar refractivity (Wildman–Crippen MR) is 64.2 cm³/mol. The van der Waals surface area contributed by atoms with Crippen molar-refractivity contribution in [2.75, 3.05) is 13.1 Å². The maximum absolute atomic E-state index is 12.2. The molecule has 1 aromatic rings. The summed E-state index contributed by atoms with van der Waals surface area (Å²) in [7, 11) is 0. The van der Waals surface area contributed by atoms with Crippen LogP contribution in [-0.4, -0.2) is 29.9 Å². The van der Waals surface area contributed by atoms with Gasteiger partial charge in [0.15, 0.2) is 0 Å². The zero-order valence-electron chi connectivity index (χ0n) is 9.43. The van der Waals surface area contributed by atoms with Gasteiger partial charge in [0.05, 0.1) is 0 Å². The van der Waals surface area contributed by atoms with Crippen molar-refractivity contribution in [2.45, 2.75) is 25.3 Å². The minimum Gasteiger partial charge on any atom is -0.334 e. The Kier molecular flexibility index (Phi) is 3.57. The molecule has 1 aromatic carbocycles. The first kappa shape index (κ1) is 11.1. The molecule has 86 valence electrons. The Labute approximate surface area is 96.2 Å². The quantitative estimate of drug-likeness (QED) is 0.835. The van der Waals surface area contributed by atoms with E-state index >= 15 is 0 Å². The molecular formula is C13H18N2O. The van der Waals surface area contributed by atoms with E-state index in [0.717, 1.165) is 18.4 Å². The first-order valence-corrected chi connectivity index (χ1v) is 5.89. The molecule has 0 atom stereocenters. The van der Waals surface area contributed by atoms with Gasteiger partial charge in [0.25, 0.3) is 5.91 Å². The third-order valence-electron chi connectivity index (χ3n) is 3.17. The Morgan fingerprint density at radius 1 is 1.31 bits per heavy atom. The molecule has 2 rings (SSSR count). The monoisotopic (exact) mass is 218 g/mol. The van der Waals surface area contributed by atoms with Crippen LogP contribution in [0.5, 0.6) is 0 Å². The fourth-order valence-electron chi connectivity index (χ4n) is 2.03. The molecule has 1 aliphatic rings. The summed E-state index contributed by atoms with van der Waals surface area (Å²) < 4.78 is 0. The number of nitrogens with zero attached hydrogens (tertiary/aromatic N) is 1. The van der Waals surface area contributed by atoms with Crippen LogP contribution >= 0.6 is 0 Å². The number of nitrogens with two attached hydrogens (primary N) is 1. The van der Waals surface area contributed by atoms with E-state index in [2.05, 4.69) is 0 Å². The highest BCUT2D eigenvalue weighted by Crippen LogP contribution is 2.25. The third-order valence-corrected chi connectivity index (χ3v) is 3.17. The minimum absolute atomic E-state index is 0.121. The summed E-state index contributed by atoms with van der Waals surface area (Å²) in [5, 5.41) is 0. The van der Waals surface area contributed by atoms with E-state index in [4.69, 9.17) is 5.73 Å². The number of carbonyl (C=O) groups is 1. The maximum Gasteiger partial charge on any atom is 0.254 e.